The molecular weight excluding hydrogens is 421 g/mol. The number of para-hydroxylation sites is 1. The molecule has 1 atom stereocenters. The highest BCUT2D eigenvalue weighted by Gasteiger charge is 2.34. The average molecular weight is 441 g/mol. The van der Waals surface area contributed by atoms with Gasteiger partial charge < -0.3 is 20.7 Å². The van der Waals surface area contributed by atoms with E-state index < -0.39 is 15.9 Å². The number of benzene rings is 1. The van der Waals surface area contributed by atoms with Crippen molar-refractivity contribution < 1.29 is 14.3 Å². The summed E-state index contributed by atoms with van der Waals surface area (Å²) in [6.45, 7) is 3.81. The second-order valence-corrected chi connectivity index (χ2v) is 7.93. The molecule has 1 rings (SSSR count). The highest BCUT2D eigenvalue weighted by Crippen LogP contribution is 2.29. The Hall–Kier alpha value is -1.28. The van der Waals surface area contributed by atoms with Crippen LogP contribution in [0.15, 0.2) is 24.3 Å². The van der Waals surface area contributed by atoms with E-state index in [0.717, 1.165) is 0 Å². The van der Waals surface area contributed by atoms with Crippen LogP contribution in [-0.2, 0) is 9.53 Å². The smallest absolute Gasteiger partial charge is 0.340 e. The van der Waals surface area contributed by atoms with Crippen LogP contribution in [0.1, 0.15) is 37.0 Å². The lowest BCUT2D eigenvalue weighted by Crippen LogP contribution is -2.56. The highest BCUT2D eigenvalue weighted by atomic mass is 35.6. The molecule has 0 heterocycles. The van der Waals surface area contributed by atoms with Crippen LogP contribution in [0.3, 0.4) is 0 Å². The Bertz CT molecular complexity index is 653. The van der Waals surface area contributed by atoms with E-state index in [0.29, 0.717) is 17.7 Å². The first-order valence-electron chi connectivity index (χ1n) is 7.88. The summed E-state index contributed by atoms with van der Waals surface area (Å²) in [5.74, 6) is -0.779. The maximum atomic E-state index is 12.0. The van der Waals surface area contributed by atoms with Crippen molar-refractivity contribution >= 4 is 69.7 Å². The zero-order valence-corrected chi connectivity index (χ0v) is 17.4. The summed E-state index contributed by atoms with van der Waals surface area (Å²) >= 11 is 22.9. The Kier molecular flexibility index (Phi) is 9.43. The van der Waals surface area contributed by atoms with E-state index >= 15 is 0 Å². The molecule has 0 aliphatic carbocycles. The SMILES string of the molecule is CCCC(=O)NC(NC(=S)Nc1ccccc1C(=O)OCC)C(Cl)(Cl)Cl. The third-order valence-corrected chi connectivity index (χ3v) is 3.93. The van der Waals surface area contributed by atoms with Crippen molar-refractivity contribution in [3.05, 3.63) is 29.8 Å². The van der Waals surface area contributed by atoms with E-state index in [1.807, 2.05) is 6.92 Å². The summed E-state index contributed by atoms with van der Waals surface area (Å²) in [5, 5.41) is 8.22. The fourth-order valence-electron chi connectivity index (χ4n) is 1.93. The van der Waals surface area contributed by atoms with Gasteiger partial charge >= 0.3 is 5.97 Å². The molecule has 0 fully saturated rings. The monoisotopic (exact) mass is 439 g/mol. The third-order valence-electron chi connectivity index (χ3n) is 3.06. The summed E-state index contributed by atoms with van der Waals surface area (Å²) in [4.78, 5) is 23.8. The molecule has 0 saturated heterocycles. The van der Waals surface area contributed by atoms with Gasteiger partial charge in [-0.3, -0.25) is 4.79 Å². The van der Waals surface area contributed by atoms with Gasteiger partial charge in [0.1, 0.15) is 6.17 Å². The zero-order valence-electron chi connectivity index (χ0n) is 14.3. The number of hydrogen-bond acceptors (Lipinski definition) is 4. The van der Waals surface area contributed by atoms with Gasteiger partial charge in [-0.1, -0.05) is 53.9 Å². The number of anilines is 1. The summed E-state index contributed by atoms with van der Waals surface area (Å²) < 4.78 is 3.16. The summed E-state index contributed by atoms with van der Waals surface area (Å²) in [6, 6.07) is 6.67. The standard InChI is InChI=1S/C16H20Cl3N3O3S/c1-3-7-12(23)21-14(16(17,18)19)22-15(26)20-11-9-6-5-8-10(11)13(24)25-4-2/h5-6,8-9,14H,3-4,7H2,1-2H3,(H,21,23)(H2,20,22,26). The van der Waals surface area contributed by atoms with Crippen molar-refractivity contribution in [1.29, 1.82) is 0 Å². The van der Waals surface area contributed by atoms with Gasteiger partial charge in [-0.15, -0.1) is 0 Å². The van der Waals surface area contributed by atoms with Gasteiger partial charge in [0.25, 0.3) is 0 Å². The van der Waals surface area contributed by atoms with Crippen molar-refractivity contribution in [2.45, 2.75) is 36.6 Å². The van der Waals surface area contributed by atoms with Crippen molar-refractivity contribution in [1.82, 2.24) is 10.6 Å². The van der Waals surface area contributed by atoms with Gasteiger partial charge in [0, 0.05) is 6.42 Å². The van der Waals surface area contributed by atoms with E-state index in [2.05, 4.69) is 16.0 Å². The lowest BCUT2D eigenvalue weighted by molar-refractivity contribution is -0.121. The van der Waals surface area contributed by atoms with Crippen LogP contribution in [0.2, 0.25) is 0 Å². The van der Waals surface area contributed by atoms with Gasteiger partial charge in [0.15, 0.2) is 5.11 Å². The minimum atomic E-state index is -1.84. The van der Waals surface area contributed by atoms with Crippen LogP contribution in [-0.4, -0.2) is 33.6 Å². The number of halogens is 3. The Morgan fingerprint density at radius 1 is 1.19 bits per heavy atom. The summed E-state index contributed by atoms with van der Waals surface area (Å²) in [6.07, 6.45) is -0.125. The molecule has 0 radical (unpaired) electrons. The van der Waals surface area contributed by atoms with Crippen LogP contribution in [0.5, 0.6) is 0 Å². The second-order valence-electron chi connectivity index (χ2n) is 5.16. The van der Waals surface area contributed by atoms with Gasteiger partial charge in [-0.05, 0) is 37.7 Å². The molecule has 3 N–H and O–H groups in total. The Morgan fingerprint density at radius 2 is 1.85 bits per heavy atom. The molecule has 0 aliphatic rings. The first-order chi connectivity index (χ1) is 12.2. The molecule has 1 amide bonds. The molecule has 26 heavy (non-hydrogen) atoms. The zero-order chi connectivity index (χ0) is 19.7. The van der Waals surface area contributed by atoms with Crippen molar-refractivity contribution in [2.24, 2.45) is 0 Å². The minimum Gasteiger partial charge on any atom is -0.462 e. The maximum absolute atomic E-state index is 12.0. The minimum absolute atomic E-state index is 0.0647. The van der Waals surface area contributed by atoms with Crippen LogP contribution >= 0.6 is 47.0 Å². The van der Waals surface area contributed by atoms with Crippen LogP contribution < -0.4 is 16.0 Å². The first-order valence-corrected chi connectivity index (χ1v) is 9.43. The van der Waals surface area contributed by atoms with Crippen molar-refractivity contribution in [2.75, 3.05) is 11.9 Å². The number of rotatable bonds is 7. The fourth-order valence-corrected chi connectivity index (χ4v) is 2.48. The number of ether oxygens (including phenoxy) is 1. The van der Waals surface area contributed by atoms with Crippen molar-refractivity contribution in [3.63, 3.8) is 0 Å². The molecule has 6 nitrogen and oxygen atoms in total. The molecule has 1 aromatic rings. The van der Waals surface area contributed by atoms with Gasteiger partial charge in [0.05, 0.1) is 17.9 Å². The molecule has 0 aliphatic heterocycles. The van der Waals surface area contributed by atoms with Crippen LogP contribution in [0.25, 0.3) is 0 Å². The van der Waals surface area contributed by atoms with E-state index in [1.54, 1.807) is 31.2 Å². The van der Waals surface area contributed by atoms with Gasteiger partial charge in [-0.25, -0.2) is 4.79 Å². The maximum Gasteiger partial charge on any atom is 0.340 e. The molecule has 1 unspecified atom stereocenters. The molecule has 0 aromatic heterocycles. The molecule has 0 spiro atoms. The molecule has 0 saturated carbocycles. The second kappa shape index (κ2) is 10.8. The lowest BCUT2D eigenvalue weighted by atomic mass is 10.2. The molecule has 1 aromatic carbocycles. The number of amides is 1. The Balaban J connectivity index is 2.86. The summed E-state index contributed by atoms with van der Waals surface area (Å²) in [5.41, 5.74) is 0.727. The highest BCUT2D eigenvalue weighted by molar-refractivity contribution is 7.80. The number of thiocarbonyl (C=S) groups is 1. The predicted molar refractivity (Wildman–Crippen MR) is 109 cm³/mol. The van der Waals surface area contributed by atoms with Crippen molar-refractivity contribution in [3.8, 4) is 0 Å². The number of carbonyl (C=O) groups is 2. The van der Waals surface area contributed by atoms with E-state index in [-0.39, 0.29) is 24.0 Å². The number of esters is 1. The van der Waals surface area contributed by atoms with Crippen LogP contribution in [0, 0.1) is 0 Å². The number of alkyl halides is 3. The molecular formula is C16H20Cl3N3O3S. The van der Waals surface area contributed by atoms with Gasteiger partial charge in [0.2, 0.25) is 9.70 Å². The fraction of sp³-hybridized carbons (Fsp3) is 0.438. The quantitative estimate of drug-likeness (QED) is 0.259. The Labute approximate surface area is 172 Å². The molecule has 0 bridgehead atoms. The predicted octanol–water partition coefficient (Wildman–Crippen LogP) is 3.76. The van der Waals surface area contributed by atoms with Crippen LogP contribution in [0.4, 0.5) is 5.69 Å². The topological polar surface area (TPSA) is 79.5 Å². The molecule has 10 heteroatoms. The molecule has 144 valence electrons. The average Bonchev–Trinajstić information content (AvgIpc) is 2.54. The summed E-state index contributed by atoms with van der Waals surface area (Å²) in [7, 11) is 0. The first kappa shape index (κ1) is 22.8. The largest absolute Gasteiger partial charge is 0.462 e. The lowest BCUT2D eigenvalue weighted by Gasteiger charge is -2.28. The van der Waals surface area contributed by atoms with Gasteiger partial charge in [-0.2, -0.15) is 0 Å². The van der Waals surface area contributed by atoms with E-state index in [1.165, 1.54) is 0 Å². The number of nitrogens with one attached hydrogen (secondary N) is 3. The van der Waals surface area contributed by atoms with E-state index in [9.17, 15) is 9.59 Å². The number of hydrogen-bond donors (Lipinski definition) is 3. The third kappa shape index (κ3) is 7.53. The normalized spacial score (nSPS) is 12.0. The Morgan fingerprint density at radius 3 is 2.42 bits per heavy atom. The number of carbonyl (C=O) groups excluding carboxylic acids is 2. The van der Waals surface area contributed by atoms with E-state index in [4.69, 9.17) is 51.8 Å².